The summed E-state index contributed by atoms with van der Waals surface area (Å²) >= 11 is 30.2. The Kier molecular flexibility index (Phi) is 10.5. The molecule has 0 fully saturated rings. The summed E-state index contributed by atoms with van der Waals surface area (Å²) in [5.41, 5.74) is 4.01. The molecule has 0 saturated heterocycles. The van der Waals surface area contributed by atoms with Gasteiger partial charge in [0.2, 0.25) is 0 Å². The maximum absolute atomic E-state index is 12.8. The van der Waals surface area contributed by atoms with Crippen LogP contribution in [0.3, 0.4) is 0 Å². The van der Waals surface area contributed by atoms with Gasteiger partial charge in [0.1, 0.15) is 18.4 Å². The van der Waals surface area contributed by atoms with Gasteiger partial charge in [-0.2, -0.15) is 5.10 Å². The number of nitrogens with one attached hydrogen (secondary N) is 2. The lowest BCUT2D eigenvalue weighted by atomic mass is 10.0. The highest BCUT2D eigenvalue weighted by Crippen LogP contribution is 2.26. The molecule has 6 nitrogen and oxygen atoms in total. The Labute approximate surface area is 239 Å². The van der Waals surface area contributed by atoms with E-state index in [1.807, 2.05) is 0 Å². The van der Waals surface area contributed by atoms with Crippen molar-refractivity contribution in [2.24, 2.45) is 11.0 Å². The predicted octanol–water partition coefficient (Wildman–Crippen LogP) is 7.44. The standard InChI is InChI=1S/C26H22Cl5N3O3/c1-14(2)24(33-25(35)15-4-7-20(29)22(31)10-15)26(36)34-32-12-17-9-18(27)6-8-23(17)37-13-16-3-5-19(28)11-21(16)30/h3-12,14,24H,13H2,1-2H3,(H,33,35)(H,34,36). The summed E-state index contributed by atoms with van der Waals surface area (Å²) in [4.78, 5) is 25.5. The van der Waals surface area contributed by atoms with E-state index >= 15 is 0 Å². The van der Waals surface area contributed by atoms with Crippen LogP contribution in [0, 0.1) is 5.92 Å². The monoisotopic (exact) mass is 599 g/mol. The number of hydrogen-bond acceptors (Lipinski definition) is 4. The molecule has 2 amide bonds. The van der Waals surface area contributed by atoms with Gasteiger partial charge in [-0.1, -0.05) is 77.9 Å². The molecular weight excluding hydrogens is 580 g/mol. The van der Waals surface area contributed by atoms with Crippen molar-refractivity contribution in [3.8, 4) is 5.75 Å². The lowest BCUT2D eigenvalue weighted by Gasteiger charge is -2.20. The van der Waals surface area contributed by atoms with Crippen LogP contribution >= 0.6 is 58.0 Å². The van der Waals surface area contributed by atoms with Gasteiger partial charge in [-0.3, -0.25) is 9.59 Å². The second-order valence-corrected chi connectivity index (χ2v) is 10.4. The van der Waals surface area contributed by atoms with Crippen LogP contribution < -0.4 is 15.5 Å². The highest BCUT2D eigenvalue weighted by Gasteiger charge is 2.25. The Hall–Kier alpha value is -2.48. The normalized spacial score (nSPS) is 12.0. The molecule has 0 aromatic heterocycles. The number of nitrogens with zero attached hydrogens (tertiary/aromatic N) is 1. The van der Waals surface area contributed by atoms with Gasteiger partial charge in [-0.25, -0.2) is 5.43 Å². The first-order chi connectivity index (χ1) is 17.5. The molecule has 194 valence electrons. The molecule has 3 rings (SSSR count). The molecule has 1 unspecified atom stereocenters. The van der Waals surface area contributed by atoms with E-state index in [-0.39, 0.29) is 23.1 Å². The van der Waals surface area contributed by atoms with Crippen molar-refractivity contribution in [2.45, 2.75) is 26.5 Å². The molecule has 3 aromatic rings. The first kappa shape index (κ1) is 29.1. The molecule has 0 aliphatic rings. The number of halogens is 5. The minimum Gasteiger partial charge on any atom is -0.488 e. The van der Waals surface area contributed by atoms with Gasteiger partial charge < -0.3 is 10.1 Å². The van der Waals surface area contributed by atoms with Gasteiger partial charge in [0.25, 0.3) is 11.8 Å². The third-order valence-corrected chi connectivity index (χ3v) is 6.73. The molecular formula is C26H22Cl5N3O3. The van der Waals surface area contributed by atoms with Crippen LogP contribution in [-0.2, 0) is 11.4 Å². The zero-order chi connectivity index (χ0) is 27.1. The van der Waals surface area contributed by atoms with Crippen LogP contribution in [-0.4, -0.2) is 24.1 Å². The van der Waals surface area contributed by atoms with Crippen LogP contribution in [0.4, 0.5) is 0 Å². The van der Waals surface area contributed by atoms with Crippen molar-refractivity contribution < 1.29 is 14.3 Å². The number of amides is 2. The van der Waals surface area contributed by atoms with Crippen LogP contribution in [0.15, 0.2) is 59.7 Å². The highest BCUT2D eigenvalue weighted by molar-refractivity contribution is 6.42. The fourth-order valence-corrected chi connectivity index (χ4v) is 4.12. The summed E-state index contributed by atoms with van der Waals surface area (Å²) < 4.78 is 5.89. The van der Waals surface area contributed by atoms with Crippen LogP contribution in [0.5, 0.6) is 5.75 Å². The van der Waals surface area contributed by atoms with Gasteiger partial charge in [0, 0.05) is 31.8 Å². The van der Waals surface area contributed by atoms with Gasteiger partial charge in [0.15, 0.2) is 0 Å². The average Bonchev–Trinajstić information content (AvgIpc) is 2.84. The third kappa shape index (κ3) is 8.25. The summed E-state index contributed by atoms with van der Waals surface area (Å²) in [6.07, 6.45) is 1.40. The Bertz CT molecular complexity index is 1330. The van der Waals surface area contributed by atoms with Crippen molar-refractivity contribution in [3.63, 3.8) is 0 Å². The second-order valence-electron chi connectivity index (χ2n) is 8.26. The molecule has 1 atom stereocenters. The van der Waals surface area contributed by atoms with Crippen LogP contribution in [0.1, 0.15) is 35.3 Å². The Morgan fingerprint density at radius 2 is 1.59 bits per heavy atom. The molecule has 0 aliphatic heterocycles. The van der Waals surface area contributed by atoms with Crippen molar-refractivity contribution in [1.82, 2.24) is 10.7 Å². The minimum absolute atomic E-state index is 0.182. The lowest BCUT2D eigenvalue weighted by Crippen LogP contribution is -2.48. The Balaban J connectivity index is 1.68. The molecule has 37 heavy (non-hydrogen) atoms. The SMILES string of the molecule is CC(C)C(NC(=O)c1ccc(Cl)c(Cl)c1)C(=O)NN=Cc1cc(Cl)ccc1OCc1ccc(Cl)cc1Cl. The van der Waals surface area contributed by atoms with Crippen molar-refractivity contribution in [2.75, 3.05) is 0 Å². The smallest absolute Gasteiger partial charge is 0.262 e. The first-order valence-corrected chi connectivity index (χ1v) is 12.9. The van der Waals surface area contributed by atoms with Gasteiger partial charge in [-0.15, -0.1) is 0 Å². The molecule has 0 aliphatic carbocycles. The number of rotatable bonds is 9. The van der Waals surface area contributed by atoms with E-state index in [0.717, 1.165) is 5.56 Å². The summed E-state index contributed by atoms with van der Waals surface area (Å²) in [6, 6.07) is 13.7. The van der Waals surface area contributed by atoms with Crippen LogP contribution in [0.25, 0.3) is 0 Å². The van der Waals surface area contributed by atoms with Gasteiger partial charge in [-0.05, 0) is 54.4 Å². The molecule has 3 aromatic carbocycles. The zero-order valence-electron chi connectivity index (χ0n) is 19.7. The second kappa shape index (κ2) is 13.4. The summed E-state index contributed by atoms with van der Waals surface area (Å²) in [6.45, 7) is 3.78. The van der Waals surface area contributed by atoms with E-state index in [1.54, 1.807) is 50.2 Å². The lowest BCUT2D eigenvalue weighted by molar-refractivity contribution is -0.123. The maximum atomic E-state index is 12.8. The Morgan fingerprint density at radius 3 is 2.27 bits per heavy atom. The molecule has 0 spiro atoms. The first-order valence-electron chi connectivity index (χ1n) is 11.0. The van der Waals surface area contributed by atoms with Gasteiger partial charge in [0.05, 0.1) is 16.3 Å². The largest absolute Gasteiger partial charge is 0.488 e. The Morgan fingerprint density at radius 1 is 0.892 bits per heavy atom. The summed E-state index contributed by atoms with van der Waals surface area (Å²) in [5.74, 6) is -0.724. The quantitative estimate of drug-likeness (QED) is 0.198. The molecule has 2 N–H and O–H groups in total. The molecule has 0 heterocycles. The number of hydrogen-bond donors (Lipinski definition) is 2. The van der Waals surface area contributed by atoms with Crippen molar-refractivity contribution in [1.29, 1.82) is 0 Å². The highest BCUT2D eigenvalue weighted by atomic mass is 35.5. The third-order valence-electron chi connectivity index (χ3n) is 5.17. The number of carbonyl (C=O) groups is 2. The van der Waals surface area contributed by atoms with Crippen molar-refractivity contribution in [3.05, 3.63) is 96.4 Å². The molecule has 0 radical (unpaired) electrons. The molecule has 11 heteroatoms. The van der Waals surface area contributed by atoms with E-state index in [4.69, 9.17) is 62.7 Å². The predicted molar refractivity (Wildman–Crippen MR) is 151 cm³/mol. The van der Waals surface area contributed by atoms with E-state index in [2.05, 4.69) is 15.8 Å². The van der Waals surface area contributed by atoms with E-state index in [9.17, 15) is 9.59 Å². The van der Waals surface area contributed by atoms with E-state index < -0.39 is 17.9 Å². The number of carbonyl (C=O) groups excluding carboxylic acids is 2. The van der Waals surface area contributed by atoms with Crippen molar-refractivity contribution >= 4 is 76.0 Å². The number of benzene rings is 3. The summed E-state index contributed by atoms with van der Waals surface area (Å²) in [5, 5.41) is 8.77. The number of hydrazone groups is 1. The van der Waals surface area contributed by atoms with Gasteiger partial charge >= 0.3 is 0 Å². The fraction of sp³-hybridized carbons (Fsp3) is 0.192. The van der Waals surface area contributed by atoms with E-state index in [0.29, 0.717) is 31.4 Å². The average molecular weight is 602 g/mol. The minimum atomic E-state index is -0.860. The zero-order valence-corrected chi connectivity index (χ0v) is 23.5. The fourth-order valence-electron chi connectivity index (χ4n) is 3.18. The molecule has 0 saturated carbocycles. The maximum Gasteiger partial charge on any atom is 0.262 e. The molecule has 0 bridgehead atoms. The number of ether oxygens (including phenoxy) is 1. The topological polar surface area (TPSA) is 79.8 Å². The van der Waals surface area contributed by atoms with E-state index in [1.165, 1.54) is 24.4 Å². The summed E-state index contributed by atoms with van der Waals surface area (Å²) in [7, 11) is 0. The van der Waals surface area contributed by atoms with Crippen LogP contribution in [0.2, 0.25) is 25.1 Å².